The molecule has 6 aromatic carbocycles. The molecule has 7 aromatic rings. The Morgan fingerprint density at radius 3 is 0.773 bits per heavy atom. The average Bonchev–Trinajstić information content (AvgIpc) is 3.09. The molecular formula is C39H25F2N3. The Kier molecular flexibility index (Phi) is 7.27. The van der Waals surface area contributed by atoms with Crippen molar-refractivity contribution < 1.29 is 8.78 Å². The zero-order chi connectivity index (χ0) is 29.9. The molecule has 0 aliphatic heterocycles. The van der Waals surface area contributed by atoms with Crippen LogP contribution < -0.4 is 0 Å². The van der Waals surface area contributed by atoms with E-state index in [0.717, 1.165) is 27.8 Å². The van der Waals surface area contributed by atoms with Crippen LogP contribution in [0.4, 0.5) is 8.78 Å². The largest absolute Gasteiger partial charge is 0.208 e. The van der Waals surface area contributed by atoms with Gasteiger partial charge >= 0.3 is 0 Å². The predicted octanol–water partition coefficient (Wildman–Crippen LogP) is 10.2. The van der Waals surface area contributed by atoms with Crippen molar-refractivity contribution >= 4 is 0 Å². The quantitative estimate of drug-likeness (QED) is 0.199. The number of benzene rings is 6. The van der Waals surface area contributed by atoms with Gasteiger partial charge in [-0.05, 0) is 81.9 Å². The second kappa shape index (κ2) is 11.8. The number of rotatable bonds is 6. The van der Waals surface area contributed by atoms with Gasteiger partial charge in [-0.3, -0.25) is 0 Å². The second-order valence-corrected chi connectivity index (χ2v) is 10.4. The van der Waals surface area contributed by atoms with Crippen molar-refractivity contribution in [2.75, 3.05) is 0 Å². The molecule has 0 fully saturated rings. The smallest absolute Gasteiger partial charge is 0.164 e. The predicted molar refractivity (Wildman–Crippen MR) is 172 cm³/mol. The fraction of sp³-hybridized carbons (Fsp3) is 0. The number of hydrogen-bond donors (Lipinski definition) is 0. The lowest BCUT2D eigenvalue weighted by Crippen LogP contribution is -2.00. The van der Waals surface area contributed by atoms with Gasteiger partial charge in [0.05, 0.1) is 0 Å². The van der Waals surface area contributed by atoms with Crippen LogP contribution in [-0.4, -0.2) is 15.0 Å². The molecule has 0 aliphatic carbocycles. The molecule has 7 rings (SSSR count). The zero-order valence-electron chi connectivity index (χ0n) is 23.5. The van der Waals surface area contributed by atoms with E-state index in [0.29, 0.717) is 28.6 Å². The van der Waals surface area contributed by atoms with E-state index >= 15 is 0 Å². The van der Waals surface area contributed by atoms with Gasteiger partial charge < -0.3 is 0 Å². The fourth-order valence-corrected chi connectivity index (χ4v) is 5.11. The van der Waals surface area contributed by atoms with Crippen molar-refractivity contribution in [1.29, 1.82) is 0 Å². The van der Waals surface area contributed by atoms with Gasteiger partial charge in [0.25, 0.3) is 0 Å². The van der Waals surface area contributed by atoms with E-state index in [2.05, 4.69) is 77.8 Å². The van der Waals surface area contributed by atoms with Gasteiger partial charge in [-0.2, -0.15) is 0 Å². The second-order valence-electron chi connectivity index (χ2n) is 10.4. The van der Waals surface area contributed by atoms with Gasteiger partial charge in [0.1, 0.15) is 11.6 Å². The summed E-state index contributed by atoms with van der Waals surface area (Å²) in [7, 11) is 0. The molecule has 0 saturated carbocycles. The zero-order valence-corrected chi connectivity index (χ0v) is 23.5. The van der Waals surface area contributed by atoms with Gasteiger partial charge in [-0.25, -0.2) is 23.7 Å². The van der Waals surface area contributed by atoms with E-state index in [1.807, 2.05) is 30.3 Å². The topological polar surface area (TPSA) is 38.7 Å². The molecule has 0 aliphatic rings. The van der Waals surface area contributed by atoms with Gasteiger partial charge in [0, 0.05) is 16.7 Å². The molecule has 0 atom stereocenters. The summed E-state index contributed by atoms with van der Waals surface area (Å²) in [4.78, 5) is 14.0. The number of halogens is 2. The molecule has 0 bridgehead atoms. The average molecular weight is 574 g/mol. The third-order valence-electron chi connectivity index (χ3n) is 7.53. The highest BCUT2D eigenvalue weighted by atomic mass is 19.1. The minimum atomic E-state index is -0.341. The van der Waals surface area contributed by atoms with E-state index in [1.165, 1.54) is 35.4 Å². The van der Waals surface area contributed by atoms with Gasteiger partial charge in [-0.15, -0.1) is 0 Å². The first kappa shape index (κ1) is 27.0. The lowest BCUT2D eigenvalue weighted by molar-refractivity contribution is 0.627. The molecule has 0 amide bonds. The molecule has 0 radical (unpaired) electrons. The van der Waals surface area contributed by atoms with E-state index < -0.39 is 0 Å². The van der Waals surface area contributed by atoms with Crippen molar-refractivity contribution in [1.82, 2.24) is 15.0 Å². The summed E-state index contributed by atoms with van der Waals surface area (Å²) in [6.07, 6.45) is 0. The van der Waals surface area contributed by atoms with Gasteiger partial charge in [-0.1, -0.05) is 103 Å². The van der Waals surface area contributed by atoms with Crippen LogP contribution in [0.2, 0.25) is 0 Å². The summed E-state index contributed by atoms with van der Waals surface area (Å²) in [6, 6.07) is 47.5. The van der Waals surface area contributed by atoms with Crippen LogP contribution in [0.1, 0.15) is 0 Å². The van der Waals surface area contributed by atoms with Crippen LogP contribution in [0.15, 0.2) is 152 Å². The van der Waals surface area contributed by atoms with Crippen LogP contribution in [0.3, 0.4) is 0 Å². The van der Waals surface area contributed by atoms with Crippen molar-refractivity contribution in [3.8, 4) is 67.5 Å². The molecule has 0 saturated heterocycles. The third kappa shape index (κ3) is 5.76. The summed E-state index contributed by atoms with van der Waals surface area (Å²) < 4.78 is 27.2. The van der Waals surface area contributed by atoms with Crippen LogP contribution in [0.25, 0.3) is 67.5 Å². The first-order valence-corrected chi connectivity index (χ1v) is 14.2. The SMILES string of the molecule is Fc1ccc(-c2nc(-c3ccc(F)cc3)nc(-c3ccc(-c4ccc(-c5ccc(-c6ccccc6)cc5)cc4)cc3)n2)cc1. The van der Waals surface area contributed by atoms with Crippen molar-refractivity contribution in [2.24, 2.45) is 0 Å². The first-order chi connectivity index (χ1) is 21.6. The number of aromatic nitrogens is 3. The molecule has 0 N–H and O–H groups in total. The summed E-state index contributed by atoms with van der Waals surface area (Å²) >= 11 is 0. The van der Waals surface area contributed by atoms with Crippen molar-refractivity contribution in [3.05, 3.63) is 163 Å². The van der Waals surface area contributed by atoms with Gasteiger partial charge in [0.15, 0.2) is 17.5 Å². The normalized spacial score (nSPS) is 11.0. The highest BCUT2D eigenvalue weighted by molar-refractivity contribution is 5.75. The first-order valence-electron chi connectivity index (χ1n) is 14.2. The molecule has 3 nitrogen and oxygen atoms in total. The van der Waals surface area contributed by atoms with Gasteiger partial charge in [0.2, 0.25) is 0 Å². The molecule has 1 heterocycles. The summed E-state index contributed by atoms with van der Waals surface area (Å²) in [5.41, 5.74) is 8.98. The van der Waals surface area contributed by atoms with Crippen LogP contribution >= 0.6 is 0 Å². The van der Waals surface area contributed by atoms with E-state index in [1.54, 1.807) is 24.3 Å². The lowest BCUT2D eigenvalue weighted by atomic mass is 9.98. The molecule has 1 aromatic heterocycles. The van der Waals surface area contributed by atoms with Crippen LogP contribution in [-0.2, 0) is 0 Å². The minimum Gasteiger partial charge on any atom is -0.208 e. The number of hydrogen-bond acceptors (Lipinski definition) is 3. The third-order valence-corrected chi connectivity index (χ3v) is 7.53. The maximum absolute atomic E-state index is 13.6. The molecule has 210 valence electrons. The fourth-order valence-electron chi connectivity index (χ4n) is 5.11. The number of nitrogens with zero attached hydrogens (tertiary/aromatic N) is 3. The van der Waals surface area contributed by atoms with E-state index in [9.17, 15) is 8.78 Å². The van der Waals surface area contributed by atoms with E-state index in [-0.39, 0.29) is 11.6 Å². The van der Waals surface area contributed by atoms with E-state index in [4.69, 9.17) is 9.97 Å². The Labute approximate surface area is 254 Å². The van der Waals surface area contributed by atoms with Crippen molar-refractivity contribution in [3.63, 3.8) is 0 Å². The Hall–Kier alpha value is -5.81. The monoisotopic (exact) mass is 573 g/mol. The maximum Gasteiger partial charge on any atom is 0.164 e. The molecule has 44 heavy (non-hydrogen) atoms. The maximum atomic E-state index is 13.6. The molecule has 0 unspecified atom stereocenters. The molecule has 0 spiro atoms. The summed E-state index contributed by atoms with van der Waals surface area (Å²) in [5.74, 6) is 0.605. The van der Waals surface area contributed by atoms with Crippen LogP contribution in [0, 0.1) is 11.6 Å². The summed E-state index contributed by atoms with van der Waals surface area (Å²) in [5, 5.41) is 0. The molecule has 5 heteroatoms. The Bertz CT molecular complexity index is 1960. The Balaban J connectivity index is 1.16. The standard InChI is InChI=1S/C39H25F2N3/c40-35-22-18-33(19-23-35)38-42-37(43-39(44-38)34-20-24-36(41)25-21-34)32-16-14-31(15-17-32)30-12-10-29(11-13-30)28-8-6-27(7-9-28)26-4-2-1-3-5-26/h1-25H. The Morgan fingerprint density at radius 1 is 0.250 bits per heavy atom. The molecular weight excluding hydrogens is 548 g/mol. The highest BCUT2D eigenvalue weighted by Gasteiger charge is 2.13. The minimum absolute atomic E-state index is 0.341. The highest BCUT2D eigenvalue weighted by Crippen LogP contribution is 2.30. The van der Waals surface area contributed by atoms with Crippen molar-refractivity contribution in [2.45, 2.75) is 0 Å². The Morgan fingerprint density at radius 2 is 0.477 bits per heavy atom. The lowest BCUT2D eigenvalue weighted by Gasteiger charge is -2.10. The van der Waals surface area contributed by atoms with Crippen LogP contribution in [0.5, 0.6) is 0 Å². The summed E-state index contributed by atoms with van der Waals surface area (Å²) in [6.45, 7) is 0.